The van der Waals surface area contributed by atoms with Crippen LogP contribution in [0.4, 0.5) is 5.69 Å². The van der Waals surface area contributed by atoms with Gasteiger partial charge in [0.05, 0.1) is 28.5 Å². The molecule has 2 aromatic rings. The second kappa shape index (κ2) is 8.47. The highest BCUT2D eigenvalue weighted by atomic mass is 79.9. The predicted octanol–water partition coefficient (Wildman–Crippen LogP) is 3.46. The van der Waals surface area contributed by atoms with Gasteiger partial charge in [0.25, 0.3) is 21.9 Å². The summed E-state index contributed by atoms with van der Waals surface area (Å²) in [5.74, 6) is -1.51. The highest BCUT2D eigenvalue weighted by Gasteiger charge is 2.42. The lowest BCUT2D eigenvalue weighted by Gasteiger charge is -2.17. The van der Waals surface area contributed by atoms with Crippen LogP contribution >= 0.6 is 39.9 Å². The zero-order chi connectivity index (χ0) is 22.3. The van der Waals surface area contributed by atoms with E-state index < -0.39 is 21.8 Å². The third-order valence-electron chi connectivity index (χ3n) is 4.81. The Bertz CT molecular complexity index is 1240. The fourth-order valence-electron chi connectivity index (χ4n) is 3.39. The molecule has 1 fully saturated rings. The van der Waals surface area contributed by atoms with Crippen LogP contribution in [0.3, 0.4) is 0 Å². The van der Waals surface area contributed by atoms with E-state index in [1.165, 1.54) is 0 Å². The summed E-state index contributed by atoms with van der Waals surface area (Å²) in [6, 6.07) is 14.9. The molecule has 0 atom stereocenters. The summed E-state index contributed by atoms with van der Waals surface area (Å²) in [4.78, 5) is 29.3. The Labute approximate surface area is 197 Å². The lowest BCUT2D eigenvalue weighted by molar-refractivity contribution is -0.122. The number of thiocarbonyl (C=S) groups is 1. The van der Waals surface area contributed by atoms with Crippen LogP contribution in [0.5, 0.6) is 0 Å². The molecule has 2 aromatic carbocycles. The van der Waals surface area contributed by atoms with Gasteiger partial charge in [-0.3, -0.25) is 19.0 Å². The molecule has 7 nitrogen and oxygen atoms in total. The number of thioether (sulfide) groups is 1. The van der Waals surface area contributed by atoms with E-state index in [-0.39, 0.29) is 27.3 Å². The monoisotopic (exact) mass is 538 g/mol. The van der Waals surface area contributed by atoms with Crippen molar-refractivity contribution in [2.24, 2.45) is 0 Å². The molecule has 31 heavy (non-hydrogen) atoms. The van der Waals surface area contributed by atoms with Gasteiger partial charge >= 0.3 is 0 Å². The van der Waals surface area contributed by atoms with Gasteiger partial charge in [0.15, 0.2) is 0 Å². The maximum atomic E-state index is 13.4. The van der Waals surface area contributed by atoms with Crippen LogP contribution in [0, 0.1) is 0 Å². The topological polar surface area (TPSA) is 95.0 Å². The number of nitrogens with zero attached hydrogens (tertiary/aromatic N) is 2. The van der Waals surface area contributed by atoms with Crippen LogP contribution in [0.25, 0.3) is 5.57 Å². The first-order chi connectivity index (χ1) is 14.7. The number of halogens is 1. The van der Waals surface area contributed by atoms with Gasteiger partial charge in [-0.05, 0) is 23.8 Å². The molecule has 1 saturated heterocycles. The Morgan fingerprint density at radius 1 is 1.03 bits per heavy atom. The van der Waals surface area contributed by atoms with Crippen molar-refractivity contribution in [1.29, 1.82) is 0 Å². The molecule has 0 unspecified atom stereocenters. The number of fused-ring (bicyclic) bond motifs is 1. The van der Waals surface area contributed by atoms with Crippen molar-refractivity contribution >= 4 is 77.4 Å². The molecule has 2 heterocycles. The average Bonchev–Trinajstić information content (AvgIpc) is 3.13. The maximum absolute atomic E-state index is 13.4. The van der Waals surface area contributed by atoms with Crippen LogP contribution < -0.4 is 4.90 Å². The quantitative estimate of drug-likeness (QED) is 0.353. The Morgan fingerprint density at radius 3 is 2.42 bits per heavy atom. The number of amides is 2. The minimum absolute atomic E-state index is 0.141. The highest BCUT2D eigenvalue weighted by Crippen LogP contribution is 2.45. The number of hydrogen-bond donors (Lipinski definition) is 1. The molecule has 11 heteroatoms. The van der Waals surface area contributed by atoms with Crippen LogP contribution in [0.15, 0.2) is 57.9 Å². The third-order valence-corrected chi connectivity index (χ3v) is 7.45. The number of carbonyl (C=O) groups is 2. The summed E-state index contributed by atoms with van der Waals surface area (Å²) in [5.41, 5.74) is 2.45. The molecule has 4 rings (SSSR count). The fraction of sp³-hybridized carbons (Fsp3) is 0.150. The van der Waals surface area contributed by atoms with E-state index in [1.807, 2.05) is 42.5 Å². The van der Waals surface area contributed by atoms with Crippen molar-refractivity contribution in [3.05, 3.63) is 69.0 Å². The van der Waals surface area contributed by atoms with Gasteiger partial charge in [-0.2, -0.15) is 8.42 Å². The number of rotatable bonds is 5. The van der Waals surface area contributed by atoms with E-state index in [0.717, 1.165) is 26.7 Å². The predicted molar refractivity (Wildman–Crippen MR) is 127 cm³/mol. The van der Waals surface area contributed by atoms with Gasteiger partial charge in [0.2, 0.25) is 0 Å². The smallest absolute Gasteiger partial charge is 0.267 e. The largest absolute Gasteiger partial charge is 0.303 e. The number of carbonyl (C=O) groups excluding carboxylic acids is 2. The lowest BCUT2D eigenvalue weighted by atomic mass is 10.1. The first kappa shape index (κ1) is 22.2. The fourth-order valence-corrected chi connectivity index (χ4v) is 5.55. The van der Waals surface area contributed by atoms with Crippen LogP contribution in [-0.4, -0.2) is 46.3 Å². The van der Waals surface area contributed by atoms with E-state index in [1.54, 1.807) is 11.0 Å². The van der Waals surface area contributed by atoms with Gasteiger partial charge < -0.3 is 4.90 Å². The molecule has 2 aliphatic rings. The van der Waals surface area contributed by atoms with Gasteiger partial charge in [-0.15, -0.1) is 0 Å². The summed E-state index contributed by atoms with van der Waals surface area (Å²) in [6.45, 7) is 0.0500. The zero-order valence-corrected chi connectivity index (χ0v) is 19.9. The summed E-state index contributed by atoms with van der Waals surface area (Å²) in [7, 11) is -4.26. The minimum Gasteiger partial charge on any atom is -0.303 e. The molecule has 160 valence electrons. The Kier molecular flexibility index (Phi) is 6.05. The lowest BCUT2D eigenvalue weighted by Crippen LogP contribution is -2.33. The summed E-state index contributed by atoms with van der Waals surface area (Å²) in [5, 5.41) is 0. The molecule has 1 N–H and O–H groups in total. The molecular weight excluding hydrogens is 524 g/mol. The molecule has 0 spiro atoms. The summed E-state index contributed by atoms with van der Waals surface area (Å²) >= 11 is 9.62. The normalized spacial score (nSPS) is 18.8. The second-order valence-electron chi connectivity index (χ2n) is 6.85. The molecule has 0 bridgehead atoms. The van der Waals surface area contributed by atoms with Crippen molar-refractivity contribution in [2.45, 2.75) is 6.54 Å². The van der Waals surface area contributed by atoms with Crippen molar-refractivity contribution in [1.82, 2.24) is 4.90 Å². The summed E-state index contributed by atoms with van der Waals surface area (Å²) in [6.07, 6.45) is 0. The van der Waals surface area contributed by atoms with E-state index in [4.69, 9.17) is 16.8 Å². The Balaban J connectivity index is 1.75. The first-order valence-corrected chi connectivity index (χ1v) is 12.7. The minimum atomic E-state index is -4.26. The van der Waals surface area contributed by atoms with Gasteiger partial charge in [0, 0.05) is 16.6 Å². The zero-order valence-electron chi connectivity index (χ0n) is 15.8. The van der Waals surface area contributed by atoms with Crippen molar-refractivity contribution < 1.29 is 22.6 Å². The van der Waals surface area contributed by atoms with E-state index in [0.29, 0.717) is 17.8 Å². The van der Waals surface area contributed by atoms with E-state index in [2.05, 4.69) is 15.9 Å². The molecular formula is C20H15BrN2O5S3. The Morgan fingerprint density at radius 2 is 1.74 bits per heavy atom. The van der Waals surface area contributed by atoms with Crippen LogP contribution in [0.1, 0.15) is 11.1 Å². The van der Waals surface area contributed by atoms with Gasteiger partial charge in [-0.1, -0.05) is 70.2 Å². The first-order valence-electron chi connectivity index (χ1n) is 9.04. The number of benzene rings is 2. The second-order valence-corrected chi connectivity index (χ2v) is 11.0. The maximum Gasteiger partial charge on any atom is 0.267 e. The molecule has 0 aromatic heterocycles. The van der Waals surface area contributed by atoms with Gasteiger partial charge in [0.1, 0.15) is 4.32 Å². The van der Waals surface area contributed by atoms with Crippen molar-refractivity contribution in [3.63, 3.8) is 0 Å². The average molecular weight is 539 g/mol. The van der Waals surface area contributed by atoms with E-state index >= 15 is 0 Å². The summed E-state index contributed by atoms with van der Waals surface area (Å²) < 4.78 is 32.1. The van der Waals surface area contributed by atoms with Crippen molar-refractivity contribution in [2.75, 3.05) is 17.2 Å². The van der Waals surface area contributed by atoms with Crippen LogP contribution in [0.2, 0.25) is 0 Å². The Hall–Kier alpha value is -2.05. The standard InChI is InChI=1S/C20H15BrN2O5S3/c21-13-6-7-15-14(10-13)16(18(24)23(15)11-12-4-2-1-3-5-12)17-19(25)22(20(29)30-17)8-9-31(26,27)28/h1-7,10H,8-9,11H2,(H,26,27,28). The van der Waals surface area contributed by atoms with Crippen LogP contribution in [-0.2, 0) is 26.3 Å². The molecule has 0 aliphatic carbocycles. The van der Waals surface area contributed by atoms with E-state index in [9.17, 15) is 18.0 Å². The number of hydrogen-bond acceptors (Lipinski definition) is 6. The molecule has 0 radical (unpaired) electrons. The highest BCUT2D eigenvalue weighted by molar-refractivity contribution is 9.10. The SMILES string of the molecule is O=C1C(=C2C(=O)N(Cc3ccccc3)c3ccc(Br)cc32)SC(=S)N1CCS(=O)(=O)O. The molecule has 0 saturated carbocycles. The van der Waals surface area contributed by atoms with Crippen molar-refractivity contribution in [3.8, 4) is 0 Å². The molecule has 2 amide bonds. The third kappa shape index (κ3) is 4.46. The molecule has 2 aliphatic heterocycles. The van der Waals surface area contributed by atoms with Gasteiger partial charge in [-0.25, -0.2) is 0 Å². The number of anilines is 1.